The molecule has 1 aliphatic heterocycles. The molecule has 22 heavy (non-hydrogen) atoms. The SMILES string of the molecule is Fc1ccccc1COC1COC(c2cccc(Br)c2)OC1. The third kappa shape index (κ3) is 3.93. The number of halogens is 2. The van der Waals surface area contributed by atoms with Gasteiger partial charge in [0.05, 0.1) is 19.8 Å². The van der Waals surface area contributed by atoms with Gasteiger partial charge in [-0.15, -0.1) is 0 Å². The Hall–Kier alpha value is -1.27. The number of ether oxygens (including phenoxy) is 3. The predicted octanol–water partition coefficient (Wildman–Crippen LogP) is 4.22. The van der Waals surface area contributed by atoms with Crippen molar-refractivity contribution in [1.82, 2.24) is 0 Å². The van der Waals surface area contributed by atoms with Crippen LogP contribution in [0.1, 0.15) is 17.4 Å². The van der Waals surface area contributed by atoms with Crippen LogP contribution in [0.4, 0.5) is 4.39 Å². The standard InChI is InChI=1S/C17H16BrFO3/c18-14-6-3-5-12(8-14)17-21-10-15(11-22-17)20-9-13-4-1-2-7-16(13)19/h1-8,15,17H,9-11H2. The van der Waals surface area contributed by atoms with Crippen molar-refractivity contribution >= 4 is 15.9 Å². The van der Waals surface area contributed by atoms with Gasteiger partial charge in [-0.2, -0.15) is 0 Å². The molecule has 2 aromatic rings. The fourth-order valence-electron chi connectivity index (χ4n) is 2.25. The van der Waals surface area contributed by atoms with Gasteiger partial charge in [0.15, 0.2) is 6.29 Å². The van der Waals surface area contributed by atoms with Crippen LogP contribution >= 0.6 is 15.9 Å². The van der Waals surface area contributed by atoms with E-state index in [-0.39, 0.29) is 24.8 Å². The number of hydrogen-bond acceptors (Lipinski definition) is 3. The normalized spacial score (nSPS) is 21.7. The summed E-state index contributed by atoms with van der Waals surface area (Å²) in [6.07, 6.45) is -0.575. The number of benzene rings is 2. The lowest BCUT2D eigenvalue weighted by Crippen LogP contribution is -2.33. The third-order valence-corrected chi connectivity index (χ3v) is 3.91. The van der Waals surface area contributed by atoms with Crippen LogP contribution in [0.15, 0.2) is 53.0 Å². The van der Waals surface area contributed by atoms with E-state index in [0.29, 0.717) is 18.8 Å². The van der Waals surface area contributed by atoms with Gasteiger partial charge in [0.1, 0.15) is 11.9 Å². The first-order valence-corrected chi connectivity index (χ1v) is 7.85. The zero-order valence-corrected chi connectivity index (χ0v) is 13.5. The van der Waals surface area contributed by atoms with Gasteiger partial charge in [0.25, 0.3) is 0 Å². The van der Waals surface area contributed by atoms with Crippen molar-refractivity contribution in [2.24, 2.45) is 0 Å². The Bertz CT molecular complexity index is 627. The van der Waals surface area contributed by atoms with Gasteiger partial charge in [-0.25, -0.2) is 4.39 Å². The molecular weight excluding hydrogens is 351 g/mol. The quantitative estimate of drug-likeness (QED) is 0.810. The first-order chi connectivity index (χ1) is 10.7. The lowest BCUT2D eigenvalue weighted by atomic mass is 10.2. The highest BCUT2D eigenvalue weighted by atomic mass is 79.9. The molecule has 0 saturated carbocycles. The molecule has 2 aromatic carbocycles. The van der Waals surface area contributed by atoms with Gasteiger partial charge < -0.3 is 14.2 Å². The van der Waals surface area contributed by atoms with E-state index >= 15 is 0 Å². The zero-order chi connectivity index (χ0) is 15.4. The molecule has 116 valence electrons. The molecule has 0 radical (unpaired) electrons. The first-order valence-electron chi connectivity index (χ1n) is 7.06. The molecule has 1 heterocycles. The molecular formula is C17H16BrFO3. The second-order valence-electron chi connectivity index (χ2n) is 5.08. The molecule has 1 aliphatic rings. The minimum absolute atomic E-state index is 0.192. The minimum Gasteiger partial charge on any atom is -0.369 e. The van der Waals surface area contributed by atoms with E-state index in [1.165, 1.54) is 6.07 Å². The summed E-state index contributed by atoms with van der Waals surface area (Å²) in [5.74, 6) is -0.257. The molecule has 3 nitrogen and oxygen atoms in total. The second kappa shape index (κ2) is 7.33. The fourth-order valence-corrected chi connectivity index (χ4v) is 2.67. The number of rotatable bonds is 4. The van der Waals surface area contributed by atoms with Crippen LogP contribution in [-0.2, 0) is 20.8 Å². The van der Waals surface area contributed by atoms with E-state index in [2.05, 4.69) is 15.9 Å². The van der Waals surface area contributed by atoms with Crippen LogP contribution in [0.2, 0.25) is 0 Å². The van der Waals surface area contributed by atoms with Crippen molar-refractivity contribution in [1.29, 1.82) is 0 Å². The van der Waals surface area contributed by atoms with Gasteiger partial charge in [0.2, 0.25) is 0 Å². The second-order valence-corrected chi connectivity index (χ2v) is 5.99. The fraction of sp³-hybridized carbons (Fsp3) is 0.294. The Morgan fingerprint density at radius 1 is 1.09 bits per heavy atom. The van der Waals surface area contributed by atoms with E-state index in [1.54, 1.807) is 18.2 Å². The Kier molecular flexibility index (Phi) is 5.20. The van der Waals surface area contributed by atoms with Crippen LogP contribution in [0, 0.1) is 5.82 Å². The van der Waals surface area contributed by atoms with Crippen LogP contribution in [-0.4, -0.2) is 19.3 Å². The summed E-state index contributed by atoms with van der Waals surface area (Å²) in [6.45, 7) is 1.06. The summed E-state index contributed by atoms with van der Waals surface area (Å²) in [5, 5.41) is 0. The maximum absolute atomic E-state index is 13.5. The zero-order valence-electron chi connectivity index (χ0n) is 11.9. The molecule has 1 fully saturated rings. The van der Waals surface area contributed by atoms with Crippen LogP contribution < -0.4 is 0 Å². The third-order valence-electron chi connectivity index (χ3n) is 3.42. The lowest BCUT2D eigenvalue weighted by Gasteiger charge is -2.29. The van der Waals surface area contributed by atoms with Crippen molar-refractivity contribution in [3.63, 3.8) is 0 Å². The summed E-state index contributed by atoms with van der Waals surface area (Å²) in [4.78, 5) is 0. The van der Waals surface area contributed by atoms with Crippen LogP contribution in [0.25, 0.3) is 0 Å². The van der Waals surface area contributed by atoms with Gasteiger partial charge in [-0.05, 0) is 18.2 Å². The molecule has 0 unspecified atom stereocenters. The summed E-state index contributed by atoms with van der Waals surface area (Å²) in [6, 6.07) is 14.4. The molecule has 1 saturated heterocycles. The molecule has 0 N–H and O–H groups in total. The molecule has 0 spiro atoms. The summed E-state index contributed by atoms with van der Waals surface area (Å²) in [7, 11) is 0. The monoisotopic (exact) mass is 366 g/mol. The van der Waals surface area contributed by atoms with Crippen LogP contribution in [0.5, 0.6) is 0 Å². The first kappa shape index (κ1) is 15.6. The highest BCUT2D eigenvalue weighted by molar-refractivity contribution is 9.10. The van der Waals surface area contributed by atoms with Crippen molar-refractivity contribution in [2.75, 3.05) is 13.2 Å². The number of hydrogen-bond donors (Lipinski definition) is 0. The van der Waals surface area contributed by atoms with Gasteiger partial charge in [0, 0.05) is 15.6 Å². The van der Waals surface area contributed by atoms with Crippen molar-refractivity contribution in [2.45, 2.75) is 19.0 Å². The van der Waals surface area contributed by atoms with Gasteiger partial charge >= 0.3 is 0 Å². The highest BCUT2D eigenvalue weighted by Crippen LogP contribution is 2.26. The lowest BCUT2D eigenvalue weighted by molar-refractivity contribution is -0.232. The van der Waals surface area contributed by atoms with Gasteiger partial charge in [-0.1, -0.05) is 46.3 Å². The molecule has 0 aliphatic carbocycles. The largest absolute Gasteiger partial charge is 0.369 e. The summed E-state index contributed by atoms with van der Waals surface area (Å²) in [5.41, 5.74) is 1.50. The maximum Gasteiger partial charge on any atom is 0.184 e. The average Bonchev–Trinajstić information content (AvgIpc) is 2.55. The summed E-state index contributed by atoms with van der Waals surface area (Å²) < 4.78 is 31.5. The Balaban J connectivity index is 1.51. The highest BCUT2D eigenvalue weighted by Gasteiger charge is 2.24. The molecule has 0 amide bonds. The summed E-state index contributed by atoms with van der Waals surface area (Å²) >= 11 is 3.43. The molecule has 3 rings (SSSR count). The van der Waals surface area contributed by atoms with E-state index in [0.717, 1.165) is 10.0 Å². The van der Waals surface area contributed by atoms with E-state index in [9.17, 15) is 4.39 Å². The predicted molar refractivity (Wildman–Crippen MR) is 83.8 cm³/mol. The molecule has 0 bridgehead atoms. The van der Waals surface area contributed by atoms with Crippen molar-refractivity contribution < 1.29 is 18.6 Å². The molecule has 5 heteroatoms. The van der Waals surface area contributed by atoms with Crippen molar-refractivity contribution in [3.05, 3.63) is 69.9 Å². The molecule has 0 aromatic heterocycles. The van der Waals surface area contributed by atoms with E-state index in [1.807, 2.05) is 24.3 Å². The minimum atomic E-state index is -0.384. The van der Waals surface area contributed by atoms with Crippen molar-refractivity contribution in [3.8, 4) is 0 Å². The Labute approximate surface area is 137 Å². The van der Waals surface area contributed by atoms with Crippen LogP contribution in [0.3, 0.4) is 0 Å². The van der Waals surface area contributed by atoms with E-state index in [4.69, 9.17) is 14.2 Å². The topological polar surface area (TPSA) is 27.7 Å². The molecule has 0 atom stereocenters. The Morgan fingerprint density at radius 2 is 1.86 bits per heavy atom. The average molecular weight is 367 g/mol. The maximum atomic E-state index is 13.5. The Morgan fingerprint density at radius 3 is 2.59 bits per heavy atom. The van der Waals surface area contributed by atoms with E-state index < -0.39 is 0 Å². The van der Waals surface area contributed by atoms with Gasteiger partial charge in [-0.3, -0.25) is 0 Å². The smallest absolute Gasteiger partial charge is 0.184 e.